The molecule has 0 fully saturated rings. The summed E-state index contributed by atoms with van der Waals surface area (Å²) in [6, 6.07) is 9.44. The minimum absolute atomic E-state index is 0.451. The Morgan fingerprint density at radius 1 is 1.05 bits per heavy atom. The smallest absolute Gasteiger partial charge is 0.211 e. The Labute approximate surface area is 121 Å². The monoisotopic (exact) mass is 276 g/mol. The highest BCUT2D eigenvalue weighted by Crippen LogP contribution is 2.44. The number of hydrogen-bond acceptors (Lipinski definition) is 4. The number of rotatable bonds is 2. The lowest BCUT2D eigenvalue weighted by Crippen LogP contribution is -2.08. The SMILES string of the molecule is CC1=C(N=C=O)c2c(C)ccc3cccc(c23)C1N=C=O. The van der Waals surface area contributed by atoms with Gasteiger partial charge in [-0.05, 0) is 41.3 Å². The highest BCUT2D eigenvalue weighted by Gasteiger charge is 2.28. The molecule has 0 bridgehead atoms. The number of aliphatic imine (C=N–C) groups is 2. The standard InChI is InChI=1S/C17H12N2O2/c1-10-6-7-12-4-3-5-13-15(12)14(10)17(19-9-21)11(2)16(13)18-8-20/h3-7,16H,1-2H3. The van der Waals surface area contributed by atoms with Gasteiger partial charge in [0.2, 0.25) is 12.2 Å². The van der Waals surface area contributed by atoms with Gasteiger partial charge in [-0.1, -0.05) is 30.3 Å². The summed E-state index contributed by atoms with van der Waals surface area (Å²) in [5, 5.41) is 2.02. The third-order valence-electron chi connectivity index (χ3n) is 3.94. The summed E-state index contributed by atoms with van der Waals surface area (Å²) in [5.74, 6) is 0. The lowest BCUT2D eigenvalue weighted by atomic mass is 9.82. The summed E-state index contributed by atoms with van der Waals surface area (Å²) >= 11 is 0. The molecule has 2 aromatic carbocycles. The van der Waals surface area contributed by atoms with Crippen LogP contribution in [0, 0.1) is 6.92 Å². The molecule has 1 aliphatic carbocycles. The second-order valence-electron chi connectivity index (χ2n) is 5.06. The van der Waals surface area contributed by atoms with E-state index in [2.05, 4.69) is 9.98 Å². The van der Waals surface area contributed by atoms with Crippen molar-refractivity contribution in [2.45, 2.75) is 19.9 Å². The van der Waals surface area contributed by atoms with Gasteiger partial charge in [0.25, 0.3) is 0 Å². The van der Waals surface area contributed by atoms with Crippen molar-refractivity contribution in [2.24, 2.45) is 9.98 Å². The molecule has 4 heteroatoms. The van der Waals surface area contributed by atoms with E-state index in [1.54, 1.807) is 12.2 Å². The fourth-order valence-electron chi connectivity index (χ4n) is 3.01. The Kier molecular flexibility index (Phi) is 3.11. The molecule has 0 N–H and O–H groups in total. The average molecular weight is 276 g/mol. The molecule has 2 aromatic rings. The summed E-state index contributed by atoms with van der Waals surface area (Å²) < 4.78 is 0. The van der Waals surface area contributed by atoms with E-state index in [-0.39, 0.29) is 0 Å². The topological polar surface area (TPSA) is 58.9 Å². The van der Waals surface area contributed by atoms with Crippen molar-refractivity contribution >= 4 is 28.6 Å². The Bertz CT molecular complexity index is 883. The predicted molar refractivity (Wildman–Crippen MR) is 80.3 cm³/mol. The number of benzene rings is 2. The van der Waals surface area contributed by atoms with Crippen LogP contribution in [-0.4, -0.2) is 12.2 Å². The van der Waals surface area contributed by atoms with Crippen molar-refractivity contribution in [3.8, 4) is 0 Å². The summed E-state index contributed by atoms with van der Waals surface area (Å²) in [6.07, 6.45) is 3.23. The maximum absolute atomic E-state index is 10.8. The first-order chi connectivity index (χ1) is 10.2. The number of hydrogen-bond donors (Lipinski definition) is 0. The van der Waals surface area contributed by atoms with Gasteiger partial charge in [-0.3, -0.25) is 0 Å². The van der Waals surface area contributed by atoms with Crippen molar-refractivity contribution in [3.05, 3.63) is 52.6 Å². The summed E-state index contributed by atoms with van der Waals surface area (Å²) in [5.41, 5.74) is 4.20. The maximum Gasteiger partial charge on any atom is 0.240 e. The largest absolute Gasteiger partial charge is 0.240 e. The highest BCUT2D eigenvalue weighted by molar-refractivity contribution is 6.01. The molecule has 0 saturated carbocycles. The van der Waals surface area contributed by atoms with Gasteiger partial charge in [0, 0.05) is 5.56 Å². The van der Waals surface area contributed by atoms with Crippen LogP contribution in [0.4, 0.5) is 0 Å². The Morgan fingerprint density at radius 2 is 1.86 bits per heavy atom. The molecule has 0 amide bonds. The van der Waals surface area contributed by atoms with Gasteiger partial charge in [-0.2, -0.15) is 9.98 Å². The van der Waals surface area contributed by atoms with E-state index in [0.29, 0.717) is 5.70 Å². The molecule has 0 heterocycles. The molecule has 0 radical (unpaired) electrons. The molecule has 0 aromatic heterocycles. The lowest BCUT2D eigenvalue weighted by Gasteiger charge is -2.25. The third-order valence-corrected chi connectivity index (χ3v) is 3.94. The molecular formula is C17H12N2O2. The molecule has 0 saturated heterocycles. The van der Waals surface area contributed by atoms with Crippen LogP contribution in [0.3, 0.4) is 0 Å². The van der Waals surface area contributed by atoms with Crippen LogP contribution in [0.25, 0.3) is 16.5 Å². The van der Waals surface area contributed by atoms with Crippen molar-refractivity contribution in [1.29, 1.82) is 0 Å². The second kappa shape index (κ2) is 4.95. The Balaban J connectivity index is 2.54. The fraction of sp³-hybridized carbons (Fsp3) is 0.176. The van der Waals surface area contributed by atoms with Crippen molar-refractivity contribution < 1.29 is 9.59 Å². The quantitative estimate of drug-likeness (QED) is 0.621. The Hall–Kier alpha value is -2.80. The van der Waals surface area contributed by atoms with E-state index >= 15 is 0 Å². The van der Waals surface area contributed by atoms with E-state index in [9.17, 15) is 9.59 Å². The van der Waals surface area contributed by atoms with Crippen LogP contribution in [0.15, 0.2) is 45.9 Å². The molecule has 1 unspecified atom stereocenters. The van der Waals surface area contributed by atoms with E-state index < -0.39 is 6.04 Å². The van der Waals surface area contributed by atoms with Gasteiger partial charge in [-0.25, -0.2) is 9.59 Å². The number of isocyanates is 2. The van der Waals surface area contributed by atoms with Crippen LogP contribution < -0.4 is 0 Å². The maximum atomic E-state index is 10.8. The van der Waals surface area contributed by atoms with Crippen molar-refractivity contribution in [3.63, 3.8) is 0 Å². The summed E-state index contributed by atoms with van der Waals surface area (Å²) in [6.45, 7) is 3.80. The molecule has 21 heavy (non-hydrogen) atoms. The first-order valence-electron chi connectivity index (χ1n) is 6.57. The molecule has 3 rings (SSSR count). The van der Waals surface area contributed by atoms with Gasteiger partial charge < -0.3 is 0 Å². The van der Waals surface area contributed by atoms with Crippen LogP contribution >= 0.6 is 0 Å². The number of nitrogens with zero attached hydrogens (tertiary/aromatic N) is 2. The normalized spacial score (nSPS) is 16.4. The minimum atomic E-state index is -0.451. The highest BCUT2D eigenvalue weighted by atomic mass is 16.1. The zero-order chi connectivity index (χ0) is 15.0. The Morgan fingerprint density at radius 3 is 2.57 bits per heavy atom. The molecule has 0 aliphatic heterocycles. The lowest BCUT2D eigenvalue weighted by molar-refractivity contribution is 0.560. The van der Waals surface area contributed by atoms with E-state index in [4.69, 9.17) is 0 Å². The van der Waals surface area contributed by atoms with E-state index in [1.807, 2.05) is 44.2 Å². The van der Waals surface area contributed by atoms with Gasteiger partial charge in [0.15, 0.2) is 0 Å². The zero-order valence-electron chi connectivity index (χ0n) is 11.7. The van der Waals surface area contributed by atoms with Crippen molar-refractivity contribution in [1.82, 2.24) is 0 Å². The van der Waals surface area contributed by atoms with Crippen LogP contribution in [-0.2, 0) is 9.59 Å². The molecule has 1 aliphatic rings. The van der Waals surface area contributed by atoms with E-state index in [1.165, 1.54) is 0 Å². The zero-order valence-corrected chi connectivity index (χ0v) is 11.7. The van der Waals surface area contributed by atoms with Crippen molar-refractivity contribution in [2.75, 3.05) is 0 Å². The van der Waals surface area contributed by atoms with Crippen LogP contribution in [0.5, 0.6) is 0 Å². The minimum Gasteiger partial charge on any atom is -0.211 e. The third kappa shape index (κ3) is 1.86. The number of carbonyl (C=O) groups excluding carboxylic acids is 2. The molecule has 1 atom stereocenters. The number of aryl methyl sites for hydroxylation is 1. The molecule has 4 nitrogen and oxygen atoms in total. The first kappa shape index (κ1) is 13.2. The molecule has 0 spiro atoms. The first-order valence-corrected chi connectivity index (χ1v) is 6.57. The second-order valence-corrected chi connectivity index (χ2v) is 5.06. The average Bonchev–Trinajstić information content (AvgIpc) is 2.49. The van der Waals surface area contributed by atoms with Gasteiger partial charge in [-0.15, -0.1) is 0 Å². The molecular weight excluding hydrogens is 264 g/mol. The van der Waals surface area contributed by atoms with Crippen LogP contribution in [0.1, 0.15) is 29.7 Å². The summed E-state index contributed by atoms with van der Waals surface area (Å²) in [7, 11) is 0. The fourth-order valence-corrected chi connectivity index (χ4v) is 3.01. The molecule has 102 valence electrons. The van der Waals surface area contributed by atoms with Gasteiger partial charge >= 0.3 is 0 Å². The van der Waals surface area contributed by atoms with Crippen LogP contribution in [0.2, 0.25) is 0 Å². The predicted octanol–water partition coefficient (Wildman–Crippen LogP) is 3.61. The van der Waals surface area contributed by atoms with Gasteiger partial charge in [0.1, 0.15) is 6.04 Å². The van der Waals surface area contributed by atoms with Gasteiger partial charge in [0.05, 0.1) is 5.70 Å². The summed E-state index contributed by atoms with van der Waals surface area (Å²) in [4.78, 5) is 29.3. The van der Waals surface area contributed by atoms with E-state index in [0.717, 1.165) is 33.0 Å².